The normalized spacial score (nSPS) is 12.1. The van der Waals surface area contributed by atoms with Crippen LogP contribution in [0.1, 0.15) is 54.3 Å². The number of hydrogen-bond acceptors (Lipinski definition) is 5. The maximum Gasteiger partial charge on any atom is 0.408 e. The van der Waals surface area contributed by atoms with E-state index >= 15 is 0 Å². The molecule has 0 aliphatic heterocycles. The van der Waals surface area contributed by atoms with Crippen LogP contribution in [0.5, 0.6) is 0 Å². The topological polar surface area (TPSA) is 82.5 Å². The molecule has 0 bridgehead atoms. The van der Waals surface area contributed by atoms with Crippen molar-refractivity contribution in [2.45, 2.75) is 72.8 Å². The minimum absolute atomic E-state index is 0.318. The summed E-state index contributed by atoms with van der Waals surface area (Å²) in [5.41, 5.74) is 3.93. The number of carbonyl (C=O) groups is 2. The molecule has 0 unspecified atom stereocenters. The molecule has 0 saturated heterocycles. The van der Waals surface area contributed by atoms with Gasteiger partial charge in [-0.3, -0.25) is 4.79 Å². The van der Waals surface area contributed by atoms with E-state index < -0.39 is 11.7 Å². The Kier molecular flexibility index (Phi) is 5.82. The van der Waals surface area contributed by atoms with E-state index in [0.29, 0.717) is 13.0 Å². The standard InChI is InChI=1S/C15H19N3O2.C5H10O2/c1-5-18-11-7-9-6-10(9)13(11)17-12(18)8-16-14(19)20-15(2,3)4;1-5(2,3)7-4-6/h6-7H,5,8H2,1-4H3,(H,16,19);4H,1-3H3. The van der Waals surface area contributed by atoms with Crippen molar-refractivity contribution in [3.05, 3.63) is 18.0 Å². The first kappa shape index (κ1) is 20.7. The number of imidazole rings is 1. The van der Waals surface area contributed by atoms with E-state index in [2.05, 4.69) is 38.7 Å². The smallest absolute Gasteiger partial charge is 0.408 e. The lowest BCUT2D eigenvalue weighted by Gasteiger charge is -2.19. The van der Waals surface area contributed by atoms with Crippen molar-refractivity contribution >= 4 is 23.6 Å². The fraction of sp³-hybridized carbons (Fsp3) is 0.550. The lowest BCUT2D eigenvalue weighted by atomic mass is 10.2. The van der Waals surface area contributed by atoms with Crippen molar-refractivity contribution < 1.29 is 19.1 Å². The summed E-state index contributed by atoms with van der Waals surface area (Å²) < 4.78 is 11.9. The average molecular weight is 375 g/mol. The van der Waals surface area contributed by atoms with Crippen molar-refractivity contribution in [2.24, 2.45) is 0 Å². The monoisotopic (exact) mass is 375 g/mol. The maximum atomic E-state index is 11.7. The van der Waals surface area contributed by atoms with Gasteiger partial charge in [0.2, 0.25) is 0 Å². The largest absolute Gasteiger partial charge is 0.462 e. The number of rotatable bonds is 4. The van der Waals surface area contributed by atoms with Crippen LogP contribution < -0.4 is 5.32 Å². The molecular formula is C20H29N3O4. The fourth-order valence-electron chi connectivity index (χ4n) is 2.55. The summed E-state index contributed by atoms with van der Waals surface area (Å²) in [5.74, 6) is 0.867. The molecule has 1 heterocycles. The van der Waals surface area contributed by atoms with Crippen LogP contribution in [-0.2, 0) is 27.4 Å². The number of benzene rings is 1. The zero-order valence-corrected chi connectivity index (χ0v) is 17.2. The number of aromatic nitrogens is 2. The highest BCUT2D eigenvalue weighted by Gasteiger charge is 2.24. The zero-order valence-electron chi connectivity index (χ0n) is 17.2. The quantitative estimate of drug-likeness (QED) is 0.697. The van der Waals surface area contributed by atoms with E-state index in [1.165, 1.54) is 11.1 Å². The highest BCUT2D eigenvalue weighted by Crippen LogP contribution is 2.42. The summed E-state index contributed by atoms with van der Waals surface area (Å²) in [4.78, 5) is 25.9. The van der Waals surface area contributed by atoms with Gasteiger partial charge in [-0.15, -0.1) is 0 Å². The summed E-state index contributed by atoms with van der Waals surface area (Å²) in [7, 11) is 0. The number of aryl methyl sites for hydroxylation is 1. The molecule has 0 aromatic carbocycles. The summed E-state index contributed by atoms with van der Waals surface area (Å²) in [5, 5.41) is 2.76. The van der Waals surface area contributed by atoms with Crippen LogP contribution in [0.2, 0.25) is 0 Å². The van der Waals surface area contributed by atoms with Crippen LogP contribution in [0, 0.1) is 0 Å². The van der Waals surface area contributed by atoms with Gasteiger partial charge in [-0.25, -0.2) is 9.78 Å². The molecule has 0 radical (unpaired) electrons. The molecule has 0 saturated carbocycles. The Morgan fingerprint density at radius 1 is 1.19 bits per heavy atom. The molecule has 1 amide bonds. The first-order valence-corrected chi connectivity index (χ1v) is 9.07. The number of nitrogens with zero attached hydrogens (tertiary/aromatic N) is 2. The van der Waals surface area contributed by atoms with E-state index in [4.69, 9.17) is 4.74 Å². The van der Waals surface area contributed by atoms with Gasteiger partial charge in [-0.05, 0) is 66.2 Å². The summed E-state index contributed by atoms with van der Waals surface area (Å²) >= 11 is 0. The summed E-state index contributed by atoms with van der Waals surface area (Å²) in [6, 6.07) is 4.28. The minimum atomic E-state index is -0.484. The molecule has 2 aliphatic carbocycles. The van der Waals surface area contributed by atoms with Gasteiger partial charge >= 0.3 is 6.09 Å². The SMILES string of the molecule is CC(C)(C)OC=O.CCn1c(CNC(=O)OC(C)(C)C)nc2c3cc-3cc21. The average Bonchev–Trinajstić information content (AvgIpc) is 3.04. The summed E-state index contributed by atoms with van der Waals surface area (Å²) in [6.45, 7) is 14.8. The van der Waals surface area contributed by atoms with Crippen LogP contribution in [0.3, 0.4) is 0 Å². The second kappa shape index (κ2) is 7.58. The molecule has 0 fully saturated rings. The molecule has 7 heteroatoms. The molecule has 1 N–H and O–H groups in total. The third-order valence-corrected chi connectivity index (χ3v) is 3.67. The molecule has 3 rings (SSSR count). The van der Waals surface area contributed by atoms with E-state index in [-0.39, 0.29) is 5.60 Å². The zero-order chi connectivity index (χ0) is 20.4. The highest BCUT2D eigenvalue weighted by molar-refractivity contribution is 6.06. The Morgan fingerprint density at radius 2 is 1.85 bits per heavy atom. The molecule has 7 nitrogen and oxygen atoms in total. The van der Waals surface area contributed by atoms with Gasteiger partial charge < -0.3 is 19.4 Å². The van der Waals surface area contributed by atoms with E-state index in [1.54, 1.807) is 0 Å². The number of amides is 1. The van der Waals surface area contributed by atoms with Gasteiger partial charge in [0.05, 0.1) is 17.6 Å². The molecule has 27 heavy (non-hydrogen) atoms. The fourth-order valence-corrected chi connectivity index (χ4v) is 2.55. The van der Waals surface area contributed by atoms with E-state index in [9.17, 15) is 9.59 Å². The maximum absolute atomic E-state index is 11.7. The number of fused-ring (bicyclic) bond motifs is 3. The Balaban J connectivity index is 0.000000321. The number of carbonyl (C=O) groups excluding carboxylic acids is 2. The van der Waals surface area contributed by atoms with Crippen molar-refractivity contribution in [3.63, 3.8) is 0 Å². The van der Waals surface area contributed by atoms with Gasteiger partial charge in [-0.1, -0.05) is 0 Å². The van der Waals surface area contributed by atoms with Gasteiger partial charge in [0.1, 0.15) is 17.0 Å². The van der Waals surface area contributed by atoms with E-state index in [0.717, 1.165) is 23.4 Å². The first-order chi connectivity index (χ1) is 12.4. The van der Waals surface area contributed by atoms with E-state index in [1.807, 2.05) is 41.5 Å². The van der Waals surface area contributed by atoms with Crippen LogP contribution in [0.4, 0.5) is 4.79 Å². The molecule has 148 valence electrons. The predicted octanol–water partition coefficient (Wildman–Crippen LogP) is 4.02. The van der Waals surface area contributed by atoms with Crippen LogP contribution in [0.25, 0.3) is 22.2 Å². The lowest BCUT2D eigenvalue weighted by molar-refractivity contribution is -0.138. The number of alkyl carbamates (subject to hydrolysis) is 1. The van der Waals surface area contributed by atoms with Crippen molar-refractivity contribution in [2.75, 3.05) is 0 Å². The van der Waals surface area contributed by atoms with Gasteiger partial charge in [-0.2, -0.15) is 0 Å². The third kappa shape index (κ3) is 5.70. The molecule has 1 aromatic heterocycles. The third-order valence-electron chi connectivity index (χ3n) is 3.67. The highest BCUT2D eigenvalue weighted by atomic mass is 16.6. The summed E-state index contributed by atoms with van der Waals surface area (Å²) in [6.07, 6.45) is -0.412. The van der Waals surface area contributed by atoms with Crippen LogP contribution in [-0.4, -0.2) is 33.3 Å². The Hall–Kier alpha value is -2.57. The molecule has 2 aliphatic rings. The minimum Gasteiger partial charge on any atom is -0.462 e. The predicted molar refractivity (Wildman–Crippen MR) is 104 cm³/mol. The van der Waals surface area contributed by atoms with Gasteiger partial charge in [0, 0.05) is 12.1 Å². The van der Waals surface area contributed by atoms with Crippen LogP contribution >= 0.6 is 0 Å². The Labute approximate surface area is 160 Å². The van der Waals surface area contributed by atoms with Gasteiger partial charge in [0.25, 0.3) is 6.47 Å². The van der Waals surface area contributed by atoms with Crippen molar-refractivity contribution in [3.8, 4) is 11.1 Å². The van der Waals surface area contributed by atoms with Gasteiger partial charge in [0.15, 0.2) is 0 Å². The Morgan fingerprint density at radius 3 is 2.33 bits per heavy atom. The Bertz CT molecular complexity index is 841. The second-order valence-corrected chi connectivity index (χ2v) is 8.35. The van der Waals surface area contributed by atoms with Crippen molar-refractivity contribution in [1.82, 2.24) is 14.9 Å². The lowest BCUT2D eigenvalue weighted by Crippen LogP contribution is -2.32. The molecule has 0 spiro atoms. The number of hydrogen-bond donors (Lipinski definition) is 1. The molecule has 0 atom stereocenters. The molecular weight excluding hydrogens is 346 g/mol. The number of ether oxygens (including phenoxy) is 2. The second-order valence-electron chi connectivity index (χ2n) is 8.35. The number of nitrogens with one attached hydrogen (secondary N) is 1. The van der Waals surface area contributed by atoms with Crippen molar-refractivity contribution in [1.29, 1.82) is 0 Å². The molecule has 1 aromatic rings. The first-order valence-electron chi connectivity index (χ1n) is 9.07. The van der Waals surface area contributed by atoms with Crippen LogP contribution in [0.15, 0.2) is 12.1 Å².